The fraction of sp³-hybridized carbons (Fsp3) is 0.348. The number of ketones is 1. The third-order valence-corrected chi connectivity index (χ3v) is 7.91. The van der Waals surface area contributed by atoms with E-state index in [1.54, 1.807) is 0 Å². The summed E-state index contributed by atoms with van der Waals surface area (Å²) in [7, 11) is -8.10. The number of hydrogen-bond acceptors (Lipinski definition) is 4. The van der Waals surface area contributed by atoms with Gasteiger partial charge in [-0.2, -0.15) is 21.6 Å². The molecule has 2 aromatic carbocycles. The van der Waals surface area contributed by atoms with Gasteiger partial charge in [0.15, 0.2) is 0 Å². The van der Waals surface area contributed by atoms with Gasteiger partial charge < -0.3 is 3.87 Å². The number of fused-ring (bicyclic) bond motifs is 2. The first-order chi connectivity index (χ1) is 14.7. The van der Waals surface area contributed by atoms with E-state index in [2.05, 4.69) is 41.1 Å². The zero-order valence-electron chi connectivity index (χ0n) is 18.5. The molecule has 174 valence electrons. The molecule has 0 fully saturated rings. The number of allylic oxidation sites excluding steroid dienone is 1. The minimum Gasteiger partial charge on any atom is -0.309 e. The largest absolute Gasteiger partial charge is 0.522 e. The molecule has 0 heterocycles. The third kappa shape index (κ3) is 7.72. The summed E-state index contributed by atoms with van der Waals surface area (Å²) in [6.07, 6.45) is 4.71. The van der Waals surface area contributed by atoms with Crippen molar-refractivity contribution in [2.45, 2.75) is 51.3 Å². The van der Waals surface area contributed by atoms with Crippen molar-refractivity contribution in [3.8, 4) is 0 Å². The topological polar surface area (TPSA) is 60.4 Å². The van der Waals surface area contributed by atoms with Gasteiger partial charge in [0.25, 0.3) is 0 Å². The Labute approximate surface area is 188 Å². The second-order valence-electron chi connectivity index (χ2n) is 8.62. The van der Waals surface area contributed by atoms with Gasteiger partial charge in [-0.3, -0.25) is 4.79 Å². The number of rotatable bonds is 2. The number of carbonyl (C=O) groups excluding carboxylic acids is 1. The molecular weight excluding hydrogens is 457 g/mol. The molecule has 2 aromatic rings. The van der Waals surface area contributed by atoms with E-state index in [0.717, 1.165) is 6.42 Å². The first-order valence-electron chi connectivity index (χ1n) is 10.0. The number of carbonyl (C=O) groups is 1. The highest BCUT2D eigenvalue weighted by Crippen LogP contribution is 2.27. The van der Waals surface area contributed by atoms with Crippen LogP contribution in [0, 0.1) is 0 Å². The van der Waals surface area contributed by atoms with E-state index in [4.69, 9.17) is 0 Å². The van der Waals surface area contributed by atoms with Crippen LogP contribution >= 0.6 is 0 Å². The molecule has 2 aliphatic carbocycles. The molecule has 0 atom stereocenters. The molecule has 0 spiro atoms. The van der Waals surface area contributed by atoms with Crippen molar-refractivity contribution in [3.63, 3.8) is 0 Å². The molecule has 0 saturated carbocycles. The number of hydrogen-bond donors (Lipinski definition) is 0. The maximum atomic E-state index is 11.7. The molecule has 0 N–H and O–H groups in total. The predicted octanol–water partition coefficient (Wildman–Crippen LogP) is 5.69. The minimum atomic E-state index is -5.39. The summed E-state index contributed by atoms with van der Waals surface area (Å²) in [4.78, 5) is 10.9. The van der Waals surface area contributed by atoms with Gasteiger partial charge in [0, 0.05) is 12.8 Å². The Bertz CT molecular complexity index is 1070. The highest BCUT2D eigenvalue weighted by Gasteiger charge is 2.49. The lowest BCUT2D eigenvalue weighted by atomic mass is 10.1. The van der Waals surface area contributed by atoms with E-state index in [-0.39, 0.29) is 0 Å². The lowest BCUT2D eigenvalue weighted by Crippen LogP contribution is -2.36. The van der Waals surface area contributed by atoms with Crippen LogP contribution in [0.15, 0.2) is 54.1 Å². The van der Waals surface area contributed by atoms with Crippen LogP contribution in [0.2, 0.25) is 19.6 Å². The highest BCUT2D eigenvalue weighted by molar-refractivity contribution is 7.88. The molecular formula is C23H27F3O4SSi. The Balaban J connectivity index is 0.000000170. The Morgan fingerprint density at radius 3 is 1.72 bits per heavy atom. The van der Waals surface area contributed by atoms with E-state index in [0.29, 0.717) is 18.6 Å². The zero-order valence-corrected chi connectivity index (χ0v) is 20.3. The average Bonchev–Trinajstić information content (AvgIpc) is 3.20. The molecule has 0 unspecified atom stereocenters. The molecule has 0 bridgehead atoms. The van der Waals surface area contributed by atoms with Crippen molar-refractivity contribution in [1.29, 1.82) is 0 Å². The molecule has 9 heteroatoms. The maximum absolute atomic E-state index is 11.7. The van der Waals surface area contributed by atoms with Gasteiger partial charge in [0.2, 0.25) is 8.32 Å². The lowest BCUT2D eigenvalue weighted by Gasteiger charge is -2.17. The van der Waals surface area contributed by atoms with Crippen LogP contribution in [0.4, 0.5) is 13.2 Å². The average molecular weight is 485 g/mol. The van der Waals surface area contributed by atoms with Gasteiger partial charge in [0.05, 0.1) is 0 Å². The summed E-state index contributed by atoms with van der Waals surface area (Å²) in [6.45, 7) is 6.25. The maximum Gasteiger partial charge on any atom is 0.522 e. The van der Waals surface area contributed by atoms with Crippen LogP contribution in [0.3, 0.4) is 0 Å². The van der Waals surface area contributed by atoms with E-state index in [1.807, 2.05) is 24.3 Å². The van der Waals surface area contributed by atoms with Crippen molar-refractivity contribution in [2.75, 3.05) is 0 Å². The molecule has 0 radical (unpaired) electrons. The molecule has 0 saturated heterocycles. The Morgan fingerprint density at radius 2 is 1.31 bits per heavy atom. The summed E-state index contributed by atoms with van der Waals surface area (Å²) in [5.41, 5.74) is 1.47. The highest BCUT2D eigenvalue weighted by atomic mass is 32.2. The van der Waals surface area contributed by atoms with Crippen LogP contribution in [0.1, 0.15) is 29.2 Å². The number of alkyl halides is 3. The zero-order chi connectivity index (χ0) is 24.2. The Hall–Kier alpha value is -2.23. The smallest absolute Gasteiger partial charge is 0.309 e. The predicted molar refractivity (Wildman–Crippen MR) is 122 cm³/mol. The molecule has 0 aliphatic heterocycles. The van der Waals surface area contributed by atoms with Crippen LogP contribution < -0.4 is 0 Å². The first-order valence-corrected chi connectivity index (χ1v) is 14.8. The molecule has 0 aromatic heterocycles. The molecule has 4 nitrogen and oxygen atoms in total. The number of benzene rings is 2. The molecule has 4 rings (SSSR count). The molecule has 0 amide bonds. The van der Waals surface area contributed by atoms with E-state index in [1.165, 1.54) is 47.5 Å². The van der Waals surface area contributed by atoms with Crippen molar-refractivity contribution >= 4 is 30.3 Å². The van der Waals surface area contributed by atoms with Crippen LogP contribution in [0.25, 0.3) is 6.08 Å². The standard InChI is InChI=1S/C10H10.C9H8O.C4H9F3O3SSi/c1-8-6-9-4-2-3-5-10(9)7-8;10-9-5-7-3-1-2-4-8(7)6-9;1-12(2,3)10-11(8,9)4(5,6)7/h2-6H,7H2,1H3;1-4H,5-6H2;1-3H3. The minimum absolute atomic E-state index is 0.348. The van der Waals surface area contributed by atoms with Crippen LogP contribution in [-0.2, 0) is 38.0 Å². The summed E-state index contributed by atoms with van der Waals surface area (Å²) in [5.74, 6) is 0.348. The number of halogens is 3. The lowest BCUT2D eigenvalue weighted by molar-refractivity contribution is -0.117. The van der Waals surface area contributed by atoms with Crippen molar-refractivity contribution in [3.05, 3.63) is 76.4 Å². The van der Waals surface area contributed by atoms with Crippen LogP contribution in [0.5, 0.6) is 0 Å². The quantitative estimate of drug-likeness (QED) is 0.406. The summed E-state index contributed by atoms with van der Waals surface area (Å²) in [5, 5.41) is 0. The Morgan fingerprint density at radius 1 is 0.844 bits per heavy atom. The van der Waals surface area contributed by atoms with Crippen LogP contribution in [-0.4, -0.2) is 28.0 Å². The second-order valence-corrected chi connectivity index (χ2v) is 14.9. The van der Waals surface area contributed by atoms with E-state index in [9.17, 15) is 26.4 Å². The van der Waals surface area contributed by atoms with E-state index < -0.39 is 23.9 Å². The molecule has 32 heavy (non-hydrogen) atoms. The van der Waals surface area contributed by atoms with Gasteiger partial charge in [-0.1, -0.05) is 60.2 Å². The van der Waals surface area contributed by atoms with Crippen molar-refractivity contribution in [2.24, 2.45) is 0 Å². The summed E-state index contributed by atoms with van der Waals surface area (Å²) < 4.78 is 59.7. The Kier molecular flexibility index (Phi) is 8.25. The van der Waals surface area contributed by atoms with Gasteiger partial charge >= 0.3 is 15.6 Å². The SMILES string of the molecule is CC1=Cc2ccccc2C1.C[Si](C)(C)OS(=O)(=O)C(F)(F)F.O=C1Cc2ccccc2C1. The van der Waals surface area contributed by atoms with E-state index >= 15 is 0 Å². The normalized spacial score (nSPS) is 15.0. The van der Waals surface area contributed by atoms with Crippen molar-refractivity contribution < 1.29 is 30.3 Å². The van der Waals surface area contributed by atoms with Gasteiger partial charge in [-0.25, -0.2) is 0 Å². The fourth-order valence-electron chi connectivity index (χ4n) is 3.22. The van der Waals surface area contributed by atoms with Gasteiger partial charge in [-0.15, -0.1) is 0 Å². The molecule has 2 aliphatic rings. The summed E-state index contributed by atoms with van der Waals surface area (Å²) >= 11 is 0. The van der Waals surface area contributed by atoms with Gasteiger partial charge in [0.1, 0.15) is 5.78 Å². The van der Waals surface area contributed by atoms with Gasteiger partial charge in [-0.05, 0) is 55.2 Å². The monoisotopic (exact) mass is 484 g/mol. The number of Topliss-reactive ketones (excluding diaryl/α,β-unsaturated/α-hetero) is 1. The van der Waals surface area contributed by atoms with Crippen molar-refractivity contribution in [1.82, 2.24) is 0 Å². The second kappa shape index (κ2) is 10.1. The fourth-order valence-corrected chi connectivity index (χ4v) is 6.23. The summed E-state index contributed by atoms with van der Waals surface area (Å²) in [6, 6.07) is 16.6. The first kappa shape index (κ1) is 26.0. The third-order valence-electron chi connectivity index (χ3n) is 4.46.